The van der Waals surface area contributed by atoms with Crippen LogP contribution in [0.25, 0.3) is 0 Å². The quantitative estimate of drug-likeness (QED) is 0.851. The number of carboxylic acids is 1. The molecule has 0 bridgehead atoms. The molecule has 5 heteroatoms. The summed E-state index contributed by atoms with van der Waals surface area (Å²) in [4.78, 5) is 37.4. The summed E-state index contributed by atoms with van der Waals surface area (Å²) >= 11 is 0. The van der Waals surface area contributed by atoms with E-state index in [1.165, 1.54) is 0 Å². The fraction of sp³-hybridized carbons (Fsp3) is 0.400. The smallest absolute Gasteiger partial charge is 0.330 e. The topological polar surface area (TPSA) is 74.7 Å². The number of carboxylic acid groups (broad SMARTS) is 1. The minimum Gasteiger partial charge on any atom is -0.479 e. The summed E-state index contributed by atoms with van der Waals surface area (Å²) in [5, 5.41) is 9.51. The standard InChI is InChI=1S/C15H17NO4/c1-3-15(4-2,14(19)20)16-12(17)9-10-7-5-6-8-11(10)13(16)18/h5-8H,3-4,9H2,1-2H3,(H,19,20). The highest BCUT2D eigenvalue weighted by Crippen LogP contribution is 2.31. The molecule has 1 heterocycles. The van der Waals surface area contributed by atoms with E-state index in [0.29, 0.717) is 11.1 Å². The molecule has 0 aliphatic carbocycles. The zero-order valence-corrected chi connectivity index (χ0v) is 11.5. The summed E-state index contributed by atoms with van der Waals surface area (Å²) in [6.07, 6.45) is 0.452. The van der Waals surface area contributed by atoms with E-state index in [1.807, 2.05) is 0 Å². The van der Waals surface area contributed by atoms with Crippen LogP contribution in [0.15, 0.2) is 24.3 Å². The second-order valence-electron chi connectivity index (χ2n) is 4.91. The number of imide groups is 1. The molecule has 1 aliphatic heterocycles. The van der Waals surface area contributed by atoms with E-state index in [0.717, 1.165) is 4.90 Å². The maximum atomic E-state index is 12.5. The van der Waals surface area contributed by atoms with Gasteiger partial charge in [0.15, 0.2) is 0 Å². The summed E-state index contributed by atoms with van der Waals surface area (Å²) < 4.78 is 0. The fourth-order valence-electron chi connectivity index (χ4n) is 2.76. The average Bonchev–Trinajstić information content (AvgIpc) is 2.43. The number of benzene rings is 1. The number of fused-ring (bicyclic) bond motifs is 1. The van der Waals surface area contributed by atoms with Gasteiger partial charge < -0.3 is 5.11 Å². The second-order valence-corrected chi connectivity index (χ2v) is 4.91. The van der Waals surface area contributed by atoms with Crippen molar-refractivity contribution in [2.24, 2.45) is 0 Å². The molecule has 1 aromatic rings. The Balaban J connectivity index is 2.56. The van der Waals surface area contributed by atoms with E-state index in [4.69, 9.17) is 0 Å². The normalized spacial score (nSPS) is 15.2. The molecule has 0 unspecified atom stereocenters. The van der Waals surface area contributed by atoms with Gasteiger partial charge in [0.1, 0.15) is 5.54 Å². The molecule has 0 spiro atoms. The lowest BCUT2D eigenvalue weighted by Gasteiger charge is -2.40. The first-order valence-electron chi connectivity index (χ1n) is 6.66. The molecule has 0 saturated carbocycles. The third-order valence-electron chi connectivity index (χ3n) is 4.04. The predicted molar refractivity (Wildman–Crippen MR) is 72.3 cm³/mol. The Morgan fingerprint density at radius 3 is 2.40 bits per heavy atom. The molecule has 0 radical (unpaired) electrons. The van der Waals surface area contributed by atoms with Gasteiger partial charge in [-0.25, -0.2) is 4.79 Å². The SMILES string of the molecule is CCC(CC)(C(=O)O)N1C(=O)Cc2ccccc2C1=O. The number of nitrogens with zero attached hydrogens (tertiary/aromatic N) is 1. The Labute approximate surface area is 117 Å². The molecular weight excluding hydrogens is 258 g/mol. The van der Waals surface area contributed by atoms with Gasteiger partial charge in [0.2, 0.25) is 5.91 Å². The van der Waals surface area contributed by atoms with E-state index in [2.05, 4.69) is 0 Å². The number of aliphatic carboxylic acids is 1. The van der Waals surface area contributed by atoms with Crippen LogP contribution < -0.4 is 0 Å². The van der Waals surface area contributed by atoms with Gasteiger partial charge in [-0.2, -0.15) is 0 Å². The van der Waals surface area contributed by atoms with Gasteiger partial charge in [-0.3, -0.25) is 14.5 Å². The molecule has 0 saturated heterocycles. The third kappa shape index (κ3) is 1.90. The molecule has 2 rings (SSSR count). The van der Waals surface area contributed by atoms with Crippen molar-refractivity contribution < 1.29 is 19.5 Å². The maximum absolute atomic E-state index is 12.5. The van der Waals surface area contributed by atoms with Crippen LogP contribution in [-0.4, -0.2) is 33.3 Å². The predicted octanol–water partition coefficient (Wildman–Crippen LogP) is 1.85. The minimum absolute atomic E-state index is 0.0664. The van der Waals surface area contributed by atoms with E-state index >= 15 is 0 Å². The number of carbonyl (C=O) groups is 3. The second kappa shape index (κ2) is 5.07. The highest BCUT2D eigenvalue weighted by molar-refractivity contribution is 6.12. The van der Waals surface area contributed by atoms with E-state index in [-0.39, 0.29) is 19.3 Å². The van der Waals surface area contributed by atoms with Crippen molar-refractivity contribution in [1.29, 1.82) is 0 Å². The molecule has 0 fully saturated rings. The Hall–Kier alpha value is -2.17. The van der Waals surface area contributed by atoms with Crippen LogP contribution in [0.2, 0.25) is 0 Å². The number of hydrogen-bond acceptors (Lipinski definition) is 3. The first kappa shape index (κ1) is 14.2. The Morgan fingerprint density at radius 2 is 1.85 bits per heavy atom. The molecule has 5 nitrogen and oxygen atoms in total. The molecule has 0 aromatic heterocycles. The number of amides is 2. The van der Waals surface area contributed by atoms with Gasteiger partial charge in [-0.15, -0.1) is 0 Å². The Morgan fingerprint density at radius 1 is 1.25 bits per heavy atom. The van der Waals surface area contributed by atoms with Crippen LogP contribution >= 0.6 is 0 Å². The Bertz CT molecular complexity index is 575. The third-order valence-corrected chi connectivity index (χ3v) is 4.04. The van der Waals surface area contributed by atoms with Crippen LogP contribution in [0, 0.1) is 0 Å². The molecule has 0 atom stereocenters. The highest BCUT2D eigenvalue weighted by Gasteiger charge is 2.49. The van der Waals surface area contributed by atoms with Crippen molar-refractivity contribution in [2.75, 3.05) is 0 Å². The lowest BCUT2D eigenvalue weighted by atomic mass is 9.86. The molecule has 106 valence electrons. The summed E-state index contributed by atoms with van der Waals surface area (Å²) in [6, 6.07) is 6.84. The van der Waals surface area contributed by atoms with Gasteiger partial charge in [-0.05, 0) is 24.5 Å². The summed E-state index contributed by atoms with van der Waals surface area (Å²) in [5.41, 5.74) is -0.383. The lowest BCUT2D eigenvalue weighted by Crippen LogP contribution is -2.60. The van der Waals surface area contributed by atoms with Gasteiger partial charge >= 0.3 is 5.97 Å². The molecule has 1 N–H and O–H groups in total. The van der Waals surface area contributed by atoms with Gasteiger partial charge in [0, 0.05) is 5.56 Å². The van der Waals surface area contributed by atoms with E-state index < -0.39 is 23.3 Å². The largest absolute Gasteiger partial charge is 0.479 e. The van der Waals surface area contributed by atoms with Crippen LogP contribution in [-0.2, 0) is 16.0 Å². The van der Waals surface area contributed by atoms with Gasteiger partial charge in [0.05, 0.1) is 6.42 Å². The zero-order chi connectivity index (χ0) is 14.9. The van der Waals surface area contributed by atoms with Crippen molar-refractivity contribution >= 4 is 17.8 Å². The fourth-order valence-corrected chi connectivity index (χ4v) is 2.76. The number of hydrogen-bond donors (Lipinski definition) is 1. The van der Waals surface area contributed by atoms with Crippen molar-refractivity contribution in [2.45, 2.75) is 38.6 Å². The van der Waals surface area contributed by atoms with Crippen LogP contribution in [0.5, 0.6) is 0 Å². The van der Waals surface area contributed by atoms with Crippen LogP contribution in [0.1, 0.15) is 42.6 Å². The van der Waals surface area contributed by atoms with Crippen molar-refractivity contribution in [3.8, 4) is 0 Å². The molecular formula is C15H17NO4. The maximum Gasteiger partial charge on any atom is 0.330 e. The average molecular weight is 275 g/mol. The molecule has 1 aromatic carbocycles. The van der Waals surface area contributed by atoms with Crippen molar-refractivity contribution in [3.63, 3.8) is 0 Å². The van der Waals surface area contributed by atoms with Gasteiger partial charge in [-0.1, -0.05) is 32.0 Å². The minimum atomic E-state index is -1.46. The van der Waals surface area contributed by atoms with Crippen molar-refractivity contribution in [1.82, 2.24) is 4.90 Å². The van der Waals surface area contributed by atoms with Gasteiger partial charge in [0.25, 0.3) is 5.91 Å². The molecule has 1 aliphatic rings. The number of rotatable bonds is 4. The zero-order valence-electron chi connectivity index (χ0n) is 11.5. The van der Waals surface area contributed by atoms with Crippen molar-refractivity contribution in [3.05, 3.63) is 35.4 Å². The first-order chi connectivity index (χ1) is 9.47. The first-order valence-corrected chi connectivity index (χ1v) is 6.66. The number of carbonyl (C=O) groups excluding carboxylic acids is 2. The molecule has 2 amide bonds. The molecule has 20 heavy (non-hydrogen) atoms. The summed E-state index contributed by atoms with van der Waals surface area (Å²) in [6.45, 7) is 3.36. The van der Waals surface area contributed by atoms with Crippen LogP contribution in [0.3, 0.4) is 0 Å². The lowest BCUT2D eigenvalue weighted by molar-refractivity contribution is -0.157. The summed E-state index contributed by atoms with van der Waals surface area (Å²) in [7, 11) is 0. The van der Waals surface area contributed by atoms with E-state index in [1.54, 1.807) is 38.1 Å². The van der Waals surface area contributed by atoms with E-state index in [9.17, 15) is 19.5 Å². The Kier molecular flexibility index (Phi) is 3.61. The summed E-state index contributed by atoms with van der Waals surface area (Å²) in [5.74, 6) is -2.09. The highest BCUT2D eigenvalue weighted by atomic mass is 16.4. The monoisotopic (exact) mass is 275 g/mol. The van der Waals surface area contributed by atoms with Crippen LogP contribution in [0.4, 0.5) is 0 Å².